The number of hydrogen-bond donors (Lipinski definition) is 0. The van der Waals surface area contributed by atoms with Crippen molar-refractivity contribution in [2.45, 2.75) is 18.2 Å². The van der Waals surface area contributed by atoms with Crippen molar-refractivity contribution >= 4 is 15.9 Å². The van der Waals surface area contributed by atoms with Crippen molar-refractivity contribution in [2.75, 3.05) is 6.61 Å². The zero-order valence-corrected chi connectivity index (χ0v) is 6.44. The first kappa shape index (κ1) is 6.14. The molecule has 1 aliphatic rings. The molecular weight excluding hydrogens is 168 g/mol. The van der Waals surface area contributed by atoms with Gasteiger partial charge in [-0.15, -0.1) is 0 Å². The van der Waals surface area contributed by atoms with E-state index >= 15 is 0 Å². The van der Waals surface area contributed by atoms with E-state index in [9.17, 15) is 0 Å². The first-order valence-corrected chi connectivity index (χ1v) is 3.62. The predicted octanol–water partition coefficient (Wildman–Crippen LogP) is 2.07. The van der Waals surface area contributed by atoms with Gasteiger partial charge in [-0.25, -0.2) is 0 Å². The van der Waals surface area contributed by atoms with Crippen LogP contribution in [0.3, 0.4) is 0 Å². The molecule has 1 aliphatic heterocycles. The van der Waals surface area contributed by atoms with Crippen molar-refractivity contribution in [1.82, 2.24) is 0 Å². The molecule has 0 bridgehead atoms. The van der Waals surface area contributed by atoms with Crippen LogP contribution in [0.25, 0.3) is 0 Å². The van der Waals surface area contributed by atoms with Crippen molar-refractivity contribution in [1.29, 1.82) is 0 Å². The summed E-state index contributed by atoms with van der Waals surface area (Å²) in [5.74, 6) is 0. The summed E-state index contributed by atoms with van der Waals surface area (Å²) in [5, 5.41) is 0. The van der Waals surface area contributed by atoms with E-state index in [4.69, 9.17) is 4.74 Å². The average molecular weight is 177 g/mol. The van der Waals surface area contributed by atoms with E-state index in [0.29, 0.717) is 4.83 Å². The Kier molecular flexibility index (Phi) is 1.95. The van der Waals surface area contributed by atoms with Crippen LogP contribution in [-0.4, -0.2) is 11.4 Å². The third-order valence-corrected chi connectivity index (χ3v) is 1.69. The van der Waals surface area contributed by atoms with Gasteiger partial charge in [0.2, 0.25) is 0 Å². The normalized spacial score (nSPS) is 28.8. The second-order valence-corrected chi connectivity index (χ2v) is 3.39. The van der Waals surface area contributed by atoms with Gasteiger partial charge in [-0.3, -0.25) is 0 Å². The van der Waals surface area contributed by atoms with Gasteiger partial charge in [0.25, 0.3) is 0 Å². The van der Waals surface area contributed by atoms with Crippen molar-refractivity contribution in [2.24, 2.45) is 0 Å². The van der Waals surface area contributed by atoms with Crippen LogP contribution < -0.4 is 0 Å². The largest absolute Gasteiger partial charge is 0.500 e. The smallest absolute Gasteiger partial charge is 0.100 e. The molecule has 0 aromatic rings. The number of halogens is 1. The molecule has 8 heavy (non-hydrogen) atoms. The molecule has 46 valence electrons. The topological polar surface area (TPSA) is 9.23 Å². The minimum Gasteiger partial charge on any atom is -0.500 e. The molecule has 1 nitrogen and oxygen atoms in total. The fourth-order valence-electron chi connectivity index (χ4n) is 0.751. The molecule has 0 amide bonds. The average Bonchev–Trinajstić information content (AvgIpc) is 1.64. The minimum absolute atomic E-state index is 0.535. The summed E-state index contributed by atoms with van der Waals surface area (Å²) in [6.45, 7) is 2.89. The van der Waals surface area contributed by atoms with Gasteiger partial charge in [0.1, 0.15) is 6.61 Å². The van der Waals surface area contributed by atoms with Crippen LogP contribution in [0, 0.1) is 0 Å². The molecule has 1 rings (SSSR count). The summed E-state index contributed by atoms with van der Waals surface area (Å²) in [4.78, 5) is 0.535. The maximum atomic E-state index is 5.09. The summed E-state index contributed by atoms with van der Waals surface area (Å²) in [7, 11) is 0. The van der Waals surface area contributed by atoms with Crippen molar-refractivity contribution in [3.63, 3.8) is 0 Å². The fourth-order valence-corrected chi connectivity index (χ4v) is 1.41. The zero-order chi connectivity index (χ0) is 5.98. The van der Waals surface area contributed by atoms with Gasteiger partial charge in [-0.2, -0.15) is 0 Å². The molecule has 0 aromatic carbocycles. The second-order valence-electron chi connectivity index (χ2n) is 2.10. The van der Waals surface area contributed by atoms with Gasteiger partial charge in [-0.05, 0) is 18.9 Å². The Morgan fingerprint density at radius 1 is 1.88 bits per heavy atom. The summed E-state index contributed by atoms with van der Waals surface area (Å²) in [6, 6.07) is 0. The summed E-state index contributed by atoms with van der Waals surface area (Å²) in [5.41, 5.74) is 1.32. The Labute approximate surface area is 57.8 Å². The molecule has 1 heterocycles. The predicted molar refractivity (Wildman–Crippen MR) is 37.0 cm³/mol. The molecule has 0 aliphatic carbocycles. The number of allylic oxidation sites excluding steroid dienone is 1. The standard InChI is InChI=1S/C6H9BrO/c1-5-2-6(7)4-8-3-5/h3,6H,2,4H2,1H3. The molecule has 0 saturated carbocycles. The van der Waals surface area contributed by atoms with Gasteiger partial charge in [-0.1, -0.05) is 15.9 Å². The molecule has 0 radical (unpaired) electrons. The van der Waals surface area contributed by atoms with Crippen molar-refractivity contribution in [3.05, 3.63) is 11.8 Å². The Bertz CT molecular complexity index is 109. The van der Waals surface area contributed by atoms with E-state index in [1.54, 1.807) is 0 Å². The molecule has 0 fully saturated rings. The lowest BCUT2D eigenvalue weighted by atomic mass is 10.2. The number of alkyl halides is 1. The lowest BCUT2D eigenvalue weighted by molar-refractivity contribution is 0.232. The van der Waals surface area contributed by atoms with Crippen LogP contribution in [0.1, 0.15) is 13.3 Å². The minimum atomic E-state index is 0.535. The summed E-state index contributed by atoms with van der Waals surface area (Å²) in [6.07, 6.45) is 2.96. The van der Waals surface area contributed by atoms with E-state index in [1.807, 2.05) is 6.26 Å². The van der Waals surface area contributed by atoms with Crippen LogP contribution in [0.5, 0.6) is 0 Å². The van der Waals surface area contributed by atoms with Gasteiger partial charge >= 0.3 is 0 Å². The SMILES string of the molecule is CC1=COCC(Br)C1. The van der Waals surface area contributed by atoms with Gasteiger partial charge in [0.05, 0.1) is 11.1 Å². The van der Waals surface area contributed by atoms with Crippen LogP contribution >= 0.6 is 15.9 Å². The highest BCUT2D eigenvalue weighted by Gasteiger charge is 2.08. The maximum absolute atomic E-state index is 5.09. The first-order valence-electron chi connectivity index (χ1n) is 2.70. The first-order chi connectivity index (χ1) is 3.79. The molecule has 2 heteroatoms. The Morgan fingerprint density at radius 2 is 2.62 bits per heavy atom. The van der Waals surface area contributed by atoms with Crippen LogP contribution in [0.15, 0.2) is 11.8 Å². The number of rotatable bonds is 0. The molecule has 1 unspecified atom stereocenters. The van der Waals surface area contributed by atoms with Crippen LogP contribution in [0.4, 0.5) is 0 Å². The van der Waals surface area contributed by atoms with Gasteiger partial charge in [0.15, 0.2) is 0 Å². The third-order valence-electron chi connectivity index (χ3n) is 1.11. The Hall–Kier alpha value is 0.0200. The summed E-state index contributed by atoms with van der Waals surface area (Å²) >= 11 is 3.46. The quantitative estimate of drug-likeness (QED) is 0.514. The Balaban J connectivity index is 2.45. The third kappa shape index (κ3) is 1.51. The van der Waals surface area contributed by atoms with Crippen molar-refractivity contribution < 1.29 is 4.74 Å². The van der Waals surface area contributed by atoms with Crippen LogP contribution in [0.2, 0.25) is 0 Å². The highest BCUT2D eigenvalue weighted by Crippen LogP contribution is 2.17. The van der Waals surface area contributed by atoms with Gasteiger partial charge in [0, 0.05) is 0 Å². The van der Waals surface area contributed by atoms with Crippen molar-refractivity contribution in [3.8, 4) is 0 Å². The van der Waals surface area contributed by atoms with E-state index in [2.05, 4.69) is 22.9 Å². The number of ether oxygens (including phenoxy) is 1. The molecule has 0 N–H and O–H groups in total. The maximum Gasteiger partial charge on any atom is 0.100 e. The summed E-state index contributed by atoms with van der Waals surface area (Å²) < 4.78 is 5.09. The van der Waals surface area contributed by atoms with E-state index in [1.165, 1.54) is 5.57 Å². The zero-order valence-electron chi connectivity index (χ0n) is 4.86. The second kappa shape index (κ2) is 2.53. The Morgan fingerprint density at radius 3 is 3.00 bits per heavy atom. The molecule has 0 aromatic heterocycles. The van der Waals surface area contributed by atoms with E-state index in [0.717, 1.165) is 13.0 Å². The lowest BCUT2D eigenvalue weighted by Gasteiger charge is -2.14. The highest BCUT2D eigenvalue weighted by molar-refractivity contribution is 9.09. The van der Waals surface area contributed by atoms with E-state index in [-0.39, 0.29) is 0 Å². The van der Waals surface area contributed by atoms with Gasteiger partial charge < -0.3 is 4.74 Å². The highest BCUT2D eigenvalue weighted by atomic mass is 79.9. The lowest BCUT2D eigenvalue weighted by Crippen LogP contribution is -2.11. The fraction of sp³-hybridized carbons (Fsp3) is 0.667. The molecule has 0 spiro atoms. The molecule has 0 saturated heterocycles. The number of hydrogen-bond acceptors (Lipinski definition) is 1. The monoisotopic (exact) mass is 176 g/mol. The molecular formula is C6H9BrO. The van der Waals surface area contributed by atoms with E-state index < -0.39 is 0 Å². The van der Waals surface area contributed by atoms with Crippen LogP contribution in [-0.2, 0) is 4.74 Å². The molecule has 1 atom stereocenters.